The van der Waals surface area contributed by atoms with Crippen LogP contribution in [0.2, 0.25) is 0 Å². The molecule has 3 heteroatoms. The highest BCUT2D eigenvalue weighted by Crippen LogP contribution is 2.05. The number of carbonyl (C=O) groups excluding carboxylic acids is 1. The zero-order chi connectivity index (χ0) is 11.6. The highest BCUT2D eigenvalue weighted by molar-refractivity contribution is 7.07. The molecule has 0 saturated heterocycles. The van der Waals surface area contributed by atoms with Crippen molar-refractivity contribution in [2.24, 2.45) is 0 Å². The van der Waals surface area contributed by atoms with Gasteiger partial charge < -0.3 is 5.32 Å². The number of allylic oxidation sites excluding steroid dienone is 2. The van der Waals surface area contributed by atoms with Crippen LogP contribution >= 0.6 is 11.3 Å². The van der Waals surface area contributed by atoms with Gasteiger partial charge in [-0.15, -0.1) is 0 Å². The molecule has 1 aromatic rings. The number of amides is 1. The minimum atomic E-state index is 0.132. The van der Waals surface area contributed by atoms with Gasteiger partial charge in [-0.3, -0.25) is 4.79 Å². The fourth-order valence-corrected chi connectivity index (χ4v) is 1.97. The van der Waals surface area contributed by atoms with Gasteiger partial charge >= 0.3 is 0 Å². The summed E-state index contributed by atoms with van der Waals surface area (Å²) in [5, 5.41) is 6.99. The SMILES string of the molecule is CCC/C=C/CCC(=O)NCc1ccsc1. The van der Waals surface area contributed by atoms with E-state index in [1.165, 1.54) is 12.0 Å². The van der Waals surface area contributed by atoms with Crippen molar-refractivity contribution < 1.29 is 4.79 Å². The molecule has 0 radical (unpaired) electrons. The van der Waals surface area contributed by atoms with Crippen molar-refractivity contribution >= 4 is 17.2 Å². The first kappa shape index (κ1) is 13.0. The van der Waals surface area contributed by atoms with Crippen LogP contribution < -0.4 is 5.32 Å². The van der Waals surface area contributed by atoms with E-state index in [1.54, 1.807) is 11.3 Å². The monoisotopic (exact) mass is 237 g/mol. The molecule has 0 aliphatic rings. The largest absolute Gasteiger partial charge is 0.352 e. The van der Waals surface area contributed by atoms with Crippen LogP contribution in [0.25, 0.3) is 0 Å². The van der Waals surface area contributed by atoms with Gasteiger partial charge in [0.1, 0.15) is 0 Å². The average molecular weight is 237 g/mol. The Morgan fingerprint density at radius 3 is 2.94 bits per heavy atom. The minimum Gasteiger partial charge on any atom is -0.352 e. The topological polar surface area (TPSA) is 29.1 Å². The van der Waals surface area contributed by atoms with Gasteiger partial charge in [0, 0.05) is 13.0 Å². The first-order valence-corrected chi connectivity index (χ1v) is 6.70. The Hall–Kier alpha value is -1.09. The van der Waals surface area contributed by atoms with Crippen LogP contribution in [0.4, 0.5) is 0 Å². The predicted octanol–water partition coefficient (Wildman–Crippen LogP) is 3.50. The number of hydrogen-bond acceptors (Lipinski definition) is 2. The Kier molecular flexibility index (Phi) is 6.58. The lowest BCUT2D eigenvalue weighted by atomic mass is 10.2. The van der Waals surface area contributed by atoms with Crippen molar-refractivity contribution in [2.45, 2.75) is 39.2 Å². The van der Waals surface area contributed by atoms with Crippen LogP contribution in [0.1, 0.15) is 38.2 Å². The molecule has 0 spiro atoms. The maximum Gasteiger partial charge on any atom is 0.220 e. The predicted molar refractivity (Wildman–Crippen MR) is 69.4 cm³/mol. The molecular formula is C13H19NOS. The van der Waals surface area contributed by atoms with E-state index < -0.39 is 0 Å². The van der Waals surface area contributed by atoms with E-state index in [2.05, 4.69) is 29.8 Å². The first-order valence-electron chi connectivity index (χ1n) is 5.75. The van der Waals surface area contributed by atoms with E-state index in [9.17, 15) is 4.79 Å². The van der Waals surface area contributed by atoms with Gasteiger partial charge in [-0.2, -0.15) is 11.3 Å². The summed E-state index contributed by atoms with van der Waals surface area (Å²) in [6.07, 6.45) is 7.94. The molecule has 88 valence electrons. The van der Waals surface area contributed by atoms with Crippen molar-refractivity contribution in [3.8, 4) is 0 Å². The summed E-state index contributed by atoms with van der Waals surface area (Å²) in [5.41, 5.74) is 1.18. The number of thiophene rings is 1. The van der Waals surface area contributed by atoms with Crippen molar-refractivity contribution in [2.75, 3.05) is 0 Å². The summed E-state index contributed by atoms with van der Waals surface area (Å²) in [6.45, 7) is 2.80. The Morgan fingerprint density at radius 2 is 2.25 bits per heavy atom. The van der Waals surface area contributed by atoms with Crippen LogP contribution in [0.15, 0.2) is 29.0 Å². The molecule has 0 bridgehead atoms. The lowest BCUT2D eigenvalue weighted by Gasteiger charge is -2.01. The Labute approximate surface area is 101 Å². The second-order valence-electron chi connectivity index (χ2n) is 3.71. The van der Waals surface area contributed by atoms with E-state index in [-0.39, 0.29) is 5.91 Å². The Balaban J connectivity index is 2.07. The Bertz CT molecular complexity index is 317. The summed E-state index contributed by atoms with van der Waals surface area (Å²) in [4.78, 5) is 11.4. The number of nitrogens with one attached hydrogen (secondary N) is 1. The number of hydrogen-bond donors (Lipinski definition) is 1. The van der Waals surface area contributed by atoms with E-state index >= 15 is 0 Å². The zero-order valence-corrected chi connectivity index (χ0v) is 10.6. The van der Waals surface area contributed by atoms with Crippen LogP contribution in [0.3, 0.4) is 0 Å². The Morgan fingerprint density at radius 1 is 1.44 bits per heavy atom. The maximum atomic E-state index is 11.4. The van der Waals surface area contributed by atoms with E-state index in [0.717, 1.165) is 12.8 Å². The van der Waals surface area contributed by atoms with Gasteiger partial charge in [-0.05, 0) is 35.2 Å². The summed E-state index contributed by atoms with van der Waals surface area (Å²) in [6, 6.07) is 2.03. The third-order valence-electron chi connectivity index (χ3n) is 2.23. The van der Waals surface area contributed by atoms with Crippen LogP contribution in [-0.4, -0.2) is 5.91 Å². The van der Waals surface area contributed by atoms with Gasteiger partial charge in [0.25, 0.3) is 0 Å². The highest BCUT2D eigenvalue weighted by atomic mass is 32.1. The van der Waals surface area contributed by atoms with Gasteiger partial charge in [0.05, 0.1) is 0 Å². The third kappa shape index (κ3) is 5.71. The number of unbranched alkanes of at least 4 members (excludes halogenated alkanes) is 1. The fraction of sp³-hybridized carbons (Fsp3) is 0.462. The quantitative estimate of drug-likeness (QED) is 0.722. The van der Waals surface area contributed by atoms with E-state index in [0.29, 0.717) is 13.0 Å². The molecule has 16 heavy (non-hydrogen) atoms. The van der Waals surface area contributed by atoms with Crippen molar-refractivity contribution in [1.29, 1.82) is 0 Å². The highest BCUT2D eigenvalue weighted by Gasteiger charge is 1.99. The van der Waals surface area contributed by atoms with Gasteiger partial charge in [-0.1, -0.05) is 25.5 Å². The van der Waals surface area contributed by atoms with Crippen LogP contribution in [0, 0.1) is 0 Å². The summed E-state index contributed by atoms with van der Waals surface area (Å²) in [7, 11) is 0. The number of carbonyl (C=O) groups is 1. The molecule has 0 fully saturated rings. The molecular weight excluding hydrogens is 218 g/mol. The standard InChI is InChI=1S/C13H19NOS/c1-2-3-4-5-6-7-13(15)14-10-12-8-9-16-11-12/h4-5,8-9,11H,2-3,6-7,10H2,1H3,(H,14,15)/b5-4+. The number of rotatable bonds is 7. The van der Waals surface area contributed by atoms with E-state index in [1.807, 2.05) is 11.4 Å². The van der Waals surface area contributed by atoms with Crippen molar-refractivity contribution in [3.63, 3.8) is 0 Å². The molecule has 2 nitrogen and oxygen atoms in total. The van der Waals surface area contributed by atoms with E-state index in [4.69, 9.17) is 0 Å². The van der Waals surface area contributed by atoms with Gasteiger partial charge in [0.15, 0.2) is 0 Å². The molecule has 1 heterocycles. The van der Waals surface area contributed by atoms with Gasteiger partial charge in [-0.25, -0.2) is 0 Å². The maximum absolute atomic E-state index is 11.4. The molecule has 1 amide bonds. The van der Waals surface area contributed by atoms with Crippen molar-refractivity contribution in [3.05, 3.63) is 34.5 Å². The lowest BCUT2D eigenvalue weighted by molar-refractivity contribution is -0.121. The van der Waals surface area contributed by atoms with Crippen LogP contribution in [-0.2, 0) is 11.3 Å². The summed E-state index contributed by atoms with van der Waals surface area (Å²) in [5.74, 6) is 0.132. The molecule has 0 unspecified atom stereocenters. The second kappa shape index (κ2) is 8.11. The molecule has 0 aromatic carbocycles. The third-order valence-corrected chi connectivity index (χ3v) is 2.96. The summed E-state index contributed by atoms with van der Waals surface area (Å²) < 4.78 is 0. The minimum absolute atomic E-state index is 0.132. The van der Waals surface area contributed by atoms with Crippen molar-refractivity contribution in [1.82, 2.24) is 5.32 Å². The molecule has 0 saturated carbocycles. The first-order chi connectivity index (χ1) is 7.83. The fourth-order valence-electron chi connectivity index (χ4n) is 1.30. The zero-order valence-electron chi connectivity index (χ0n) is 9.74. The summed E-state index contributed by atoms with van der Waals surface area (Å²) >= 11 is 1.66. The van der Waals surface area contributed by atoms with Gasteiger partial charge in [0.2, 0.25) is 5.91 Å². The lowest BCUT2D eigenvalue weighted by Crippen LogP contribution is -2.21. The molecule has 1 N–H and O–H groups in total. The van der Waals surface area contributed by atoms with Crippen LogP contribution in [0.5, 0.6) is 0 Å². The normalized spacial score (nSPS) is 10.8. The average Bonchev–Trinajstić information content (AvgIpc) is 2.79. The molecule has 0 aliphatic carbocycles. The molecule has 0 atom stereocenters. The smallest absolute Gasteiger partial charge is 0.220 e. The molecule has 1 aromatic heterocycles. The molecule has 1 rings (SSSR count). The second-order valence-corrected chi connectivity index (χ2v) is 4.49. The molecule has 0 aliphatic heterocycles.